The predicted octanol–water partition coefficient (Wildman–Crippen LogP) is -0.444. The van der Waals surface area contributed by atoms with Gasteiger partial charge in [0, 0.05) is 6.54 Å². The van der Waals surface area contributed by atoms with Crippen LogP contribution >= 0.6 is 0 Å². The van der Waals surface area contributed by atoms with E-state index in [1.807, 2.05) is 5.43 Å². The average molecular weight is 271 g/mol. The molecule has 0 radical (unpaired) electrons. The molecule has 9 heteroatoms. The monoisotopic (exact) mass is 271 g/mol. The van der Waals surface area contributed by atoms with Gasteiger partial charge in [-0.3, -0.25) is 4.79 Å². The fraction of sp³-hybridized carbons (Fsp3) is 0.889. The van der Waals surface area contributed by atoms with Crippen molar-refractivity contribution in [1.29, 1.82) is 0 Å². The van der Waals surface area contributed by atoms with Crippen LogP contribution < -0.4 is 11.0 Å². The Morgan fingerprint density at radius 1 is 1.50 bits per heavy atom. The third-order valence-corrected chi connectivity index (χ3v) is 2.54. The van der Waals surface area contributed by atoms with Gasteiger partial charge in [0.15, 0.2) is 0 Å². The van der Waals surface area contributed by atoms with E-state index in [1.165, 1.54) is 12.1 Å². The Kier molecular flexibility index (Phi) is 5.32. The second-order valence-corrected chi connectivity index (χ2v) is 4.00. The van der Waals surface area contributed by atoms with Crippen LogP contribution in [0.2, 0.25) is 0 Å². The van der Waals surface area contributed by atoms with Crippen LogP contribution in [0.3, 0.4) is 0 Å². The lowest BCUT2D eigenvalue weighted by molar-refractivity contribution is -0.155. The Morgan fingerprint density at radius 2 is 2.17 bits per heavy atom. The zero-order valence-corrected chi connectivity index (χ0v) is 9.83. The van der Waals surface area contributed by atoms with Gasteiger partial charge in [0.1, 0.15) is 12.6 Å². The van der Waals surface area contributed by atoms with Gasteiger partial charge < -0.3 is 9.84 Å². The second-order valence-electron chi connectivity index (χ2n) is 4.00. The summed E-state index contributed by atoms with van der Waals surface area (Å²) in [6.07, 6.45) is -4.33. The van der Waals surface area contributed by atoms with Crippen LogP contribution in [0.5, 0.6) is 0 Å². The summed E-state index contributed by atoms with van der Waals surface area (Å²) in [6, 6.07) is -0.709. The summed E-state index contributed by atoms with van der Waals surface area (Å²) in [5.41, 5.74) is 4.23. The van der Waals surface area contributed by atoms with Gasteiger partial charge in [0.05, 0.1) is 13.2 Å². The molecule has 3 N–H and O–H groups in total. The van der Waals surface area contributed by atoms with Crippen LogP contribution in [0.15, 0.2) is 0 Å². The first-order chi connectivity index (χ1) is 8.33. The number of hydrogen-bond acceptors (Lipinski definition) is 6. The lowest BCUT2D eigenvalue weighted by atomic mass is 10.0. The first kappa shape index (κ1) is 15.2. The number of hydrazine groups is 2. The van der Waals surface area contributed by atoms with Gasteiger partial charge >= 0.3 is 12.1 Å². The standard InChI is InChI=1S/C9H16F3N3O3/c1-18-8(17)7-3-2-6(16)4-15(7)14-13-5-9(10,11)12/h6-7,13-14,16H,2-5H2,1H3/t6-,7-/m0/s1. The van der Waals surface area contributed by atoms with Gasteiger partial charge in [-0.1, -0.05) is 0 Å². The molecule has 0 aliphatic carbocycles. The quantitative estimate of drug-likeness (QED) is 0.475. The van der Waals surface area contributed by atoms with Crippen molar-refractivity contribution in [1.82, 2.24) is 16.0 Å². The Bertz CT molecular complexity index is 288. The number of hydrogen-bond donors (Lipinski definition) is 3. The fourth-order valence-corrected chi connectivity index (χ4v) is 1.70. The molecule has 0 aromatic rings. The first-order valence-electron chi connectivity index (χ1n) is 5.41. The Hall–Kier alpha value is -0.900. The van der Waals surface area contributed by atoms with E-state index < -0.39 is 30.8 Å². The number of nitrogens with zero attached hydrogens (tertiary/aromatic N) is 1. The minimum atomic E-state index is -4.36. The van der Waals surface area contributed by atoms with Crippen LogP contribution in [-0.2, 0) is 9.53 Å². The first-order valence-corrected chi connectivity index (χ1v) is 5.41. The molecule has 1 rings (SSSR count). The maximum Gasteiger partial charge on any atom is 0.402 e. The second kappa shape index (κ2) is 6.32. The van der Waals surface area contributed by atoms with Crippen molar-refractivity contribution >= 4 is 5.97 Å². The molecule has 0 saturated carbocycles. The number of carbonyl (C=O) groups is 1. The van der Waals surface area contributed by atoms with Gasteiger partial charge in [-0.05, 0) is 12.8 Å². The summed E-state index contributed by atoms with van der Waals surface area (Å²) in [4.78, 5) is 11.4. The van der Waals surface area contributed by atoms with Crippen LogP contribution in [0.25, 0.3) is 0 Å². The fourth-order valence-electron chi connectivity index (χ4n) is 1.70. The minimum absolute atomic E-state index is 0.0463. The van der Waals surface area contributed by atoms with Gasteiger partial charge in [-0.15, -0.1) is 0 Å². The molecule has 1 heterocycles. The molecule has 0 spiro atoms. The summed E-state index contributed by atoms with van der Waals surface area (Å²) < 4.78 is 40.4. The van der Waals surface area contributed by atoms with Gasteiger partial charge in [-0.25, -0.2) is 10.4 Å². The van der Waals surface area contributed by atoms with Crippen molar-refractivity contribution in [3.63, 3.8) is 0 Å². The number of alkyl halides is 3. The van der Waals surface area contributed by atoms with E-state index in [0.29, 0.717) is 12.8 Å². The highest BCUT2D eigenvalue weighted by atomic mass is 19.4. The molecule has 0 aromatic heterocycles. The molecular weight excluding hydrogens is 255 g/mol. The summed E-state index contributed by atoms with van der Waals surface area (Å²) >= 11 is 0. The highest BCUT2D eigenvalue weighted by molar-refractivity contribution is 5.75. The molecule has 18 heavy (non-hydrogen) atoms. The minimum Gasteiger partial charge on any atom is -0.468 e. The molecule has 0 amide bonds. The van der Waals surface area contributed by atoms with E-state index in [2.05, 4.69) is 10.3 Å². The largest absolute Gasteiger partial charge is 0.468 e. The van der Waals surface area contributed by atoms with Crippen molar-refractivity contribution in [3.8, 4) is 0 Å². The van der Waals surface area contributed by atoms with Gasteiger partial charge in [-0.2, -0.15) is 18.7 Å². The molecule has 0 aromatic carbocycles. The summed E-state index contributed by atoms with van der Waals surface area (Å²) in [7, 11) is 1.20. The molecular formula is C9H16F3N3O3. The average Bonchev–Trinajstić information content (AvgIpc) is 2.26. The number of aliphatic hydroxyl groups is 1. The lowest BCUT2D eigenvalue weighted by Gasteiger charge is -2.36. The molecule has 1 saturated heterocycles. The van der Waals surface area contributed by atoms with Crippen LogP contribution in [0.4, 0.5) is 13.2 Å². The zero-order chi connectivity index (χ0) is 13.8. The van der Waals surface area contributed by atoms with E-state index in [1.54, 1.807) is 0 Å². The number of halogens is 3. The number of methoxy groups -OCH3 is 1. The van der Waals surface area contributed by atoms with Gasteiger partial charge in [0.25, 0.3) is 0 Å². The number of β-amino-alcohol motifs (C(OH)–C–C–N with tert-alkyl or cyclic N) is 1. The van der Waals surface area contributed by atoms with Crippen molar-refractivity contribution in [2.45, 2.75) is 31.2 Å². The van der Waals surface area contributed by atoms with Crippen molar-refractivity contribution in [2.24, 2.45) is 0 Å². The molecule has 106 valence electrons. The molecule has 0 unspecified atom stereocenters. The van der Waals surface area contributed by atoms with Crippen LogP contribution in [0.1, 0.15) is 12.8 Å². The SMILES string of the molecule is COC(=O)[C@@H]1CC[C@H](O)CN1NNCC(F)(F)F. The number of ether oxygens (including phenoxy) is 1. The van der Waals surface area contributed by atoms with Crippen molar-refractivity contribution in [2.75, 3.05) is 20.2 Å². The van der Waals surface area contributed by atoms with Crippen molar-refractivity contribution in [3.05, 3.63) is 0 Å². The number of carbonyl (C=O) groups excluding carboxylic acids is 1. The number of rotatable bonds is 4. The van der Waals surface area contributed by atoms with Crippen LogP contribution in [-0.4, -0.2) is 54.6 Å². The number of piperidine rings is 1. The third-order valence-electron chi connectivity index (χ3n) is 2.54. The maximum absolute atomic E-state index is 11.9. The van der Waals surface area contributed by atoms with Crippen LogP contribution in [0, 0.1) is 0 Å². The molecule has 1 aliphatic heterocycles. The van der Waals surface area contributed by atoms with E-state index >= 15 is 0 Å². The third kappa shape index (κ3) is 4.77. The normalized spacial score (nSPS) is 26.1. The Balaban J connectivity index is 2.49. The summed E-state index contributed by atoms with van der Waals surface area (Å²) in [5.74, 6) is -0.553. The topological polar surface area (TPSA) is 73.8 Å². The van der Waals surface area contributed by atoms with Gasteiger partial charge in [0.2, 0.25) is 0 Å². The Labute approximate surface area is 102 Å². The number of nitrogens with one attached hydrogen (secondary N) is 2. The summed E-state index contributed by atoms with van der Waals surface area (Å²) in [5, 5.41) is 10.6. The highest BCUT2D eigenvalue weighted by Crippen LogP contribution is 2.16. The number of esters is 1. The molecule has 1 aliphatic rings. The predicted molar refractivity (Wildman–Crippen MR) is 54.9 cm³/mol. The van der Waals surface area contributed by atoms with Crippen molar-refractivity contribution < 1.29 is 27.8 Å². The Morgan fingerprint density at radius 3 is 2.72 bits per heavy atom. The van der Waals surface area contributed by atoms with E-state index in [-0.39, 0.29) is 6.54 Å². The molecule has 6 nitrogen and oxygen atoms in total. The molecule has 0 bridgehead atoms. The molecule has 1 fully saturated rings. The molecule has 2 atom stereocenters. The maximum atomic E-state index is 11.9. The smallest absolute Gasteiger partial charge is 0.402 e. The zero-order valence-electron chi connectivity index (χ0n) is 9.83. The van der Waals surface area contributed by atoms with E-state index in [0.717, 1.165) is 0 Å². The highest BCUT2D eigenvalue weighted by Gasteiger charge is 2.34. The summed E-state index contributed by atoms with van der Waals surface area (Å²) in [6.45, 7) is -1.20. The van der Waals surface area contributed by atoms with E-state index in [9.17, 15) is 23.1 Å². The number of aliphatic hydroxyl groups excluding tert-OH is 1. The lowest BCUT2D eigenvalue weighted by Crippen LogP contribution is -2.60. The van der Waals surface area contributed by atoms with E-state index in [4.69, 9.17) is 0 Å².